The van der Waals surface area contributed by atoms with Gasteiger partial charge >= 0.3 is 0 Å². The Labute approximate surface area is 311 Å². The summed E-state index contributed by atoms with van der Waals surface area (Å²) < 4.78 is 11.0. The monoisotopic (exact) mass is 743 g/mol. The van der Waals surface area contributed by atoms with Crippen molar-refractivity contribution in [2.45, 2.75) is 62.3 Å². The van der Waals surface area contributed by atoms with Gasteiger partial charge in [0, 0.05) is 17.0 Å². The van der Waals surface area contributed by atoms with Crippen LogP contribution >= 0.6 is 23.2 Å². The highest BCUT2D eigenvalue weighted by Gasteiger charge is 2.70. The van der Waals surface area contributed by atoms with Crippen molar-refractivity contribution in [3.8, 4) is 17.2 Å². The summed E-state index contributed by atoms with van der Waals surface area (Å²) in [6.45, 7) is 0. The molecule has 52 heavy (non-hydrogen) atoms. The quantitative estimate of drug-likeness (QED) is 0.195. The van der Waals surface area contributed by atoms with Gasteiger partial charge in [-0.05, 0) is 85.2 Å². The number of phenolic OH excluding ortho intramolecular Hbond substituents is 1. The van der Waals surface area contributed by atoms with Crippen molar-refractivity contribution in [2.75, 3.05) is 19.6 Å². The fourth-order valence-electron chi connectivity index (χ4n) is 9.82. The van der Waals surface area contributed by atoms with Crippen molar-refractivity contribution in [1.29, 1.82) is 0 Å². The van der Waals surface area contributed by atoms with E-state index in [-0.39, 0.29) is 40.8 Å². The van der Waals surface area contributed by atoms with Gasteiger partial charge in [-0.2, -0.15) is 5.01 Å². The normalized spacial score (nSPS) is 28.7. The van der Waals surface area contributed by atoms with Crippen LogP contribution in [-0.4, -0.2) is 58.9 Å². The van der Waals surface area contributed by atoms with Gasteiger partial charge in [-0.3, -0.25) is 29.5 Å². The van der Waals surface area contributed by atoms with Crippen LogP contribution in [0.25, 0.3) is 0 Å². The minimum atomic E-state index is -1.51. The molecule has 3 aliphatic carbocycles. The minimum Gasteiger partial charge on any atom is -0.504 e. The number of hydrazine groups is 1. The summed E-state index contributed by atoms with van der Waals surface area (Å²) in [4.78, 5) is 60.4. The Bertz CT molecular complexity index is 2010. The second-order valence-corrected chi connectivity index (χ2v) is 15.3. The molecule has 2 N–H and O–H groups in total. The van der Waals surface area contributed by atoms with Crippen molar-refractivity contribution in [1.82, 2.24) is 9.91 Å². The fourth-order valence-corrected chi connectivity index (χ4v) is 10.3. The molecular weight excluding hydrogens is 705 g/mol. The molecule has 5 aliphatic rings. The zero-order valence-corrected chi connectivity index (χ0v) is 30.3. The molecule has 2 heterocycles. The number of ether oxygens (including phenoxy) is 2. The standard InChI is InChI=1S/C40H39Cl2N3O7/c1-51-25-12-9-22(10-13-25)40-29(37(48)45(39(40)50)43-31-16-11-23(41)19-30(31)42)20-28-26(35(40)21-8-17-32(46)33(18-21)52-2)14-15-27-34(28)38(49)44(36(27)47)24-6-4-3-5-7-24/h8-14,16-19,24,27-29,34-35,43,46H,3-7,15,20H2,1-2H3. The van der Waals surface area contributed by atoms with E-state index in [2.05, 4.69) is 5.43 Å². The average molecular weight is 745 g/mol. The lowest BCUT2D eigenvalue weighted by Gasteiger charge is -2.50. The Morgan fingerprint density at radius 2 is 1.60 bits per heavy atom. The number of anilines is 1. The Hall–Kier alpha value is -4.54. The lowest BCUT2D eigenvalue weighted by molar-refractivity contribution is -0.144. The molecule has 0 spiro atoms. The highest BCUT2D eigenvalue weighted by atomic mass is 35.5. The van der Waals surface area contributed by atoms with Gasteiger partial charge in [0.15, 0.2) is 11.5 Å². The molecule has 0 radical (unpaired) electrons. The van der Waals surface area contributed by atoms with Crippen molar-refractivity contribution >= 4 is 52.5 Å². The topological polar surface area (TPSA) is 125 Å². The molecule has 270 valence electrons. The molecule has 6 atom stereocenters. The first-order valence-electron chi connectivity index (χ1n) is 17.8. The number of likely N-dealkylation sites (tertiary alicyclic amines) is 1. The second kappa shape index (κ2) is 13.1. The van der Waals surface area contributed by atoms with Crippen LogP contribution < -0.4 is 14.9 Å². The molecule has 8 rings (SSSR count). The molecule has 2 saturated heterocycles. The van der Waals surface area contributed by atoms with Crippen LogP contribution in [0, 0.1) is 23.7 Å². The number of allylic oxidation sites excluding steroid dienone is 2. The van der Waals surface area contributed by atoms with Gasteiger partial charge in [0.05, 0.1) is 48.1 Å². The lowest BCUT2D eigenvalue weighted by Crippen LogP contribution is -2.53. The number of nitrogens with one attached hydrogen (secondary N) is 1. The van der Waals surface area contributed by atoms with Crippen molar-refractivity contribution in [3.63, 3.8) is 0 Å². The number of carbonyl (C=O) groups is 4. The Morgan fingerprint density at radius 3 is 2.29 bits per heavy atom. The minimum absolute atomic E-state index is 0.0828. The maximum Gasteiger partial charge on any atom is 0.260 e. The molecule has 3 aromatic carbocycles. The van der Waals surface area contributed by atoms with Gasteiger partial charge in [0.25, 0.3) is 11.8 Å². The summed E-state index contributed by atoms with van der Waals surface area (Å²) in [6, 6.07) is 16.7. The van der Waals surface area contributed by atoms with E-state index >= 15 is 4.79 Å². The Morgan fingerprint density at radius 1 is 0.846 bits per heavy atom. The van der Waals surface area contributed by atoms with Crippen LogP contribution in [-0.2, 0) is 24.6 Å². The number of imide groups is 2. The van der Waals surface area contributed by atoms with E-state index in [4.69, 9.17) is 32.7 Å². The smallest absolute Gasteiger partial charge is 0.260 e. The number of hydrogen-bond donors (Lipinski definition) is 2. The largest absolute Gasteiger partial charge is 0.504 e. The average Bonchev–Trinajstić information content (AvgIpc) is 3.54. The first kappa shape index (κ1) is 34.5. The van der Waals surface area contributed by atoms with Gasteiger partial charge in [0.1, 0.15) is 5.75 Å². The number of benzene rings is 3. The van der Waals surface area contributed by atoms with Gasteiger partial charge in [0.2, 0.25) is 11.8 Å². The highest BCUT2D eigenvalue weighted by Crippen LogP contribution is 2.64. The van der Waals surface area contributed by atoms with Gasteiger partial charge in [-0.1, -0.05) is 72.3 Å². The number of rotatable bonds is 7. The van der Waals surface area contributed by atoms with Crippen LogP contribution in [0.3, 0.4) is 0 Å². The van der Waals surface area contributed by atoms with E-state index in [0.29, 0.717) is 34.0 Å². The molecule has 6 unspecified atom stereocenters. The van der Waals surface area contributed by atoms with Crippen LogP contribution in [0.1, 0.15) is 62.0 Å². The number of amides is 4. The third-order valence-corrected chi connectivity index (χ3v) is 12.6. The molecule has 10 nitrogen and oxygen atoms in total. The van der Waals surface area contributed by atoms with E-state index in [1.165, 1.54) is 24.1 Å². The molecule has 12 heteroatoms. The molecule has 0 bridgehead atoms. The zero-order valence-electron chi connectivity index (χ0n) is 28.8. The number of nitrogens with zero attached hydrogens (tertiary/aromatic N) is 2. The molecule has 3 aromatic rings. The maximum atomic E-state index is 15.4. The summed E-state index contributed by atoms with van der Waals surface area (Å²) in [5.74, 6) is -4.06. The van der Waals surface area contributed by atoms with Crippen LogP contribution in [0.15, 0.2) is 72.3 Å². The number of halogens is 2. The number of carbonyl (C=O) groups excluding carboxylic acids is 4. The molecule has 2 saturated carbocycles. The predicted octanol–water partition coefficient (Wildman–Crippen LogP) is 7.03. The summed E-state index contributed by atoms with van der Waals surface area (Å²) in [7, 11) is 3.00. The van der Waals surface area contributed by atoms with E-state index in [9.17, 15) is 19.5 Å². The van der Waals surface area contributed by atoms with Gasteiger partial charge in [-0.15, -0.1) is 0 Å². The van der Waals surface area contributed by atoms with Crippen molar-refractivity contribution in [2.24, 2.45) is 23.7 Å². The summed E-state index contributed by atoms with van der Waals surface area (Å²) in [6.07, 6.45) is 7.14. The molecule has 0 aromatic heterocycles. The summed E-state index contributed by atoms with van der Waals surface area (Å²) in [5.41, 5.74) is 3.84. The van der Waals surface area contributed by atoms with Crippen LogP contribution in [0.2, 0.25) is 10.0 Å². The first-order valence-corrected chi connectivity index (χ1v) is 18.5. The Kier molecular flexibility index (Phi) is 8.73. The number of hydrogen-bond acceptors (Lipinski definition) is 8. The molecular formula is C40H39Cl2N3O7. The van der Waals surface area contributed by atoms with Gasteiger partial charge in [-0.25, -0.2) is 0 Å². The summed E-state index contributed by atoms with van der Waals surface area (Å²) in [5, 5.41) is 12.3. The number of aromatic hydroxyl groups is 1. The number of methoxy groups -OCH3 is 2. The van der Waals surface area contributed by atoms with E-state index in [1.54, 1.807) is 43.5 Å². The number of phenols is 1. The van der Waals surface area contributed by atoms with E-state index in [0.717, 1.165) is 42.7 Å². The Balaban J connectivity index is 1.33. The third kappa shape index (κ3) is 5.12. The van der Waals surface area contributed by atoms with E-state index in [1.807, 2.05) is 18.2 Å². The molecule has 4 fully saturated rings. The first-order chi connectivity index (χ1) is 25.1. The summed E-state index contributed by atoms with van der Waals surface area (Å²) >= 11 is 12.7. The van der Waals surface area contributed by atoms with Crippen molar-refractivity contribution < 1.29 is 33.8 Å². The SMILES string of the molecule is COc1ccc(C23C(=O)N(Nc4ccc(Cl)cc4Cl)C(=O)C2CC2C(=CCC4C(=O)N(C5CCCCC5)C(=O)C42)C3c2ccc(O)c(OC)c2)cc1. The number of fused-ring (bicyclic) bond motifs is 4. The lowest BCUT2D eigenvalue weighted by atomic mass is 9.49. The van der Waals surface area contributed by atoms with Crippen molar-refractivity contribution in [3.05, 3.63) is 93.5 Å². The zero-order chi connectivity index (χ0) is 36.5. The van der Waals surface area contributed by atoms with Gasteiger partial charge < -0.3 is 14.6 Å². The third-order valence-electron chi connectivity index (χ3n) is 12.1. The maximum absolute atomic E-state index is 15.4. The van der Waals surface area contributed by atoms with E-state index < -0.39 is 46.8 Å². The molecule has 2 aliphatic heterocycles. The van der Waals surface area contributed by atoms with Crippen LogP contribution in [0.4, 0.5) is 5.69 Å². The molecule has 4 amide bonds. The predicted molar refractivity (Wildman–Crippen MR) is 194 cm³/mol. The highest BCUT2D eigenvalue weighted by molar-refractivity contribution is 6.36. The van der Waals surface area contributed by atoms with Crippen LogP contribution in [0.5, 0.6) is 17.2 Å². The fraction of sp³-hybridized carbons (Fsp3) is 0.400. The second-order valence-electron chi connectivity index (χ2n) is 14.5.